The van der Waals surface area contributed by atoms with Gasteiger partial charge in [0.05, 0.1) is 17.8 Å². The van der Waals surface area contributed by atoms with Gasteiger partial charge < -0.3 is 10.4 Å². The number of nitrogens with one attached hydrogen (secondary N) is 1. The first kappa shape index (κ1) is 16.0. The molecule has 7 heteroatoms. The summed E-state index contributed by atoms with van der Waals surface area (Å²) in [4.78, 5) is 18.6. The first-order valence-corrected chi connectivity index (χ1v) is 8.35. The number of aromatic nitrogens is 1. The Morgan fingerprint density at radius 1 is 1.48 bits per heavy atom. The molecule has 2 atom stereocenters. The zero-order valence-electron chi connectivity index (χ0n) is 12.7. The lowest BCUT2D eigenvalue weighted by molar-refractivity contribution is -0.120. The lowest BCUT2D eigenvalue weighted by Gasteiger charge is -2.22. The maximum absolute atomic E-state index is 12.9. The number of nitrogens with zero attached hydrogens (tertiary/aromatic N) is 2. The summed E-state index contributed by atoms with van der Waals surface area (Å²) in [6.07, 6.45) is 0.346. The minimum absolute atomic E-state index is 0.140. The lowest BCUT2D eigenvalue weighted by atomic mass is 10.2. The highest BCUT2D eigenvalue weighted by Crippen LogP contribution is 2.25. The maximum Gasteiger partial charge on any atom is 0.243 e. The van der Waals surface area contributed by atoms with Gasteiger partial charge in [0.2, 0.25) is 5.91 Å². The van der Waals surface area contributed by atoms with Crippen LogP contribution in [0.1, 0.15) is 13.3 Å². The molecule has 3 rings (SSSR count). The SMILES string of the molecule is CC(C(=O)Nc1nc(-c2ccc(F)cc2)cs1)N1CCC(O)C1. The van der Waals surface area contributed by atoms with Crippen molar-refractivity contribution in [3.05, 3.63) is 35.5 Å². The number of carbonyl (C=O) groups excluding carboxylic acids is 1. The molecule has 1 saturated heterocycles. The van der Waals surface area contributed by atoms with E-state index in [0.717, 1.165) is 5.56 Å². The zero-order chi connectivity index (χ0) is 16.4. The van der Waals surface area contributed by atoms with E-state index >= 15 is 0 Å². The van der Waals surface area contributed by atoms with Crippen molar-refractivity contribution in [1.82, 2.24) is 9.88 Å². The molecule has 2 aromatic rings. The Kier molecular flexibility index (Phi) is 4.70. The number of likely N-dealkylation sites (tertiary alicyclic amines) is 1. The molecule has 1 fully saturated rings. The molecule has 2 heterocycles. The number of anilines is 1. The molecule has 122 valence electrons. The fraction of sp³-hybridized carbons (Fsp3) is 0.375. The van der Waals surface area contributed by atoms with Gasteiger partial charge in [0.15, 0.2) is 5.13 Å². The normalized spacial score (nSPS) is 19.7. The molecule has 1 aromatic carbocycles. The van der Waals surface area contributed by atoms with Crippen molar-refractivity contribution >= 4 is 22.4 Å². The number of aliphatic hydroxyl groups excluding tert-OH is 1. The van der Waals surface area contributed by atoms with Crippen LogP contribution in [0.5, 0.6) is 0 Å². The van der Waals surface area contributed by atoms with E-state index in [-0.39, 0.29) is 23.9 Å². The van der Waals surface area contributed by atoms with Gasteiger partial charge in [-0.05, 0) is 37.6 Å². The Labute approximate surface area is 137 Å². The minimum atomic E-state index is -0.352. The number of thiazole rings is 1. The van der Waals surface area contributed by atoms with Crippen molar-refractivity contribution in [2.24, 2.45) is 0 Å². The monoisotopic (exact) mass is 335 g/mol. The average Bonchev–Trinajstić information content (AvgIpc) is 3.16. The topological polar surface area (TPSA) is 65.5 Å². The molecule has 23 heavy (non-hydrogen) atoms. The van der Waals surface area contributed by atoms with Crippen LogP contribution < -0.4 is 5.32 Å². The predicted octanol–water partition coefficient (Wildman–Crippen LogP) is 2.34. The van der Waals surface area contributed by atoms with Gasteiger partial charge in [-0.25, -0.2) is 9.37 Å². The number of aliphatic hydroxyl groups is 1. The van der Waals surface area contributed by atoms with Crippen LogP contribution in [0.3, 0.4) is 0 Å². The van der Waals surface area contributed by atoms with Crippen LogP contribution in [-0.4, -0.2) is 46.1 Å². The predicted molar refractivity (Wildman–Crippen MR) is 87.8 cm³/mol. The van der Waals surface area contributed by atoms with E-state index in [0.29, 0.717) is 30.3 Å². The molecule has 0 saturated carbocycles. The Balaban J connectivity index is 1.64. The number of benzene rings is 1. The number of amides is 1. The van der Waals surface area contributed by atoms with Crippen LogP contribution in [0.25, 0.3) is 11.3 Å². The largest absolute Gasteiger partial charge is 0.392 e. The molecule has 1 aromatic heterocycles. The van der Waals surface area contributed by atoms with Gasteiger partial charge in [0.25, 0.3) is 0 Å². The molecular formula is C16H18FN3O2S. The average molecular weight is 335 g/mol. The number of hydrogen-bond acceptors (Lipinski definition) is 5. The third kappa shape index (κ3) is 3.74. The Hall–Kier alpha value is -1.83. The summed E-state index contributed by atoms with van der Waals surface area (Å²) in [6.45, 7) is 3.06. The number of rotatable bonds is 4. The van der Waals surface area contributed by atoms with Crippen LogP contribution in [-0.2, 0) is 4.79 Å². The minimum Gasteiger partial charge on any atom is -0.392 e. The van der Waals surface area contributed by atoms with E-state index < -0.39 is 0 Å². The molecule has 0 radical (unpaired) electrons. The third-order valence-electron chi connectivity index (χ3n) is 4.00. The second-order valence-corrected chi connectivity index (χ2v) is 6.51. The van der Waals surface area contributed by atoms with Crippen molar-refractivity contribution in [3.8, 4) is 11.3 Å². The van der Waals surface area contributed by atoms with Crippen molar-refractivity contribution in [2.45, 2.75) is 25.5 Å². The van der Waals surface area contributed by atoms with Crippen molar-refractivity contribution in [2.75, 3.05) is 18.4 Å². The standard InChI is InChI=1S/C16H18FN3O2S/c1-10(20-7-6-13(21)8-20)15(22)19-16-18-14(9-23-16)11-2-4-12(17)5-3-11/h2-5,9-10,13,21H,6-8H2,1H3,(H,18,19,22). The molecular weight excluding hydrogens is 317 g/mol. The van der Waals surface area contributed by atoms with E-state index in [1.807, 2.05) is 17.2 Å². The van der Waals surface area contributed by atoms with Gasteiger partial charge in [-0.2, -0.15) is 0 Å². The maximum atomic E-state index is 12.9. The second-order valence-electron chi connectivity index (χ2n) is 5.65. The molecule has 0 bridgehead atoms. The Bertz CT molecular complexity index is 689. The van der Waals surface area contributed by atoms with Crippen LogP contribution in [0, 0.1) is 5.82 Å². The second kappa shape index (κ2) is 6.74. The number of carbonyl (C=O) groups is 1. The van der Waals surface area contributed by atoms with Crippen LogP contribution in [0.2, 0.25) is 0 Å². The summed E-state index contributed by atoms with van der Waals surface area (Å²) in [5.41, 5.74) is 1.51. The molecule has 2 unspecified atom stereocenters. The molecule has 1 aliphatic rings. The third-order valence-corrected chi connectivity index (χ3v) is 4.75. The highest BCUT2D eigenvalue weighted by atomic mass is 32.1. The Morgan fingerprint density at radius 2 is 2.22 bits per heavy atom. The summed E-state index contributed by atoms with van der Waals surface area (Å²) in [5, 5.41) is 14.7. The fourth-order valence-electron chi connectivity index (χ4n) is 2.58. The van der Waals surface area contributed by atoms with Gasteiger partial charge in [0.1, 0.15) is 5.82 Å². The summed E-state index contributed by atoms with van der Waals surface area (Å²) >= 11 is 1.33. The molecule has 0 spiro atoms. The van der Waals surface area contributed by atoms with Gasteiger partial charge in [-0.3, -0.25) is 9.69 Å². The summed E-state index contributed by atoms with van der Waals surface area (Å²) < 4.78 is 12.9. The first-order valence-electron chi connectivity index (χ1n) is 7.47. The van der Waals surface area contributed by atoms with E-state index in [2.05, 4.69) is 10.3 Å². The van der Waals surface area contributed by atoms with Gasteiger partial charge in [0, 0.05) is 24.0 Å². The quantitative estimate of drug-likeness (QED) is 0.900. The first-order chi connectivity index (χ1) is 11.0. The number of hydrogen-bond donors (Lipinski definition) is 2. The van der Waals surface area contributed by atoms with Crippen LogP contribution >= 0.6 is 11.3 Å². The van der Waals surface area contributed by atoms with Crippen molar-refractivity contribution in [1.29, 1.82) is 0 Å². The smallest absolute Gasteiger partial charge is 0.243 e. The van der Waals surface area contributed by atoms with E-state index in [9.17, 15) is 14.3 Å². The van der Waals surface area contributed by atoms with Crippen molar-refractivity contribution in [3.63, 3.8) is 0 Å². The fourth-order valence-corrected chi connectivity index (χ4v) is 3.30. The van der Waals surface area contributed by atoms with Crippen LogP contribution in [0.4, 0.5) is 9.52 Å². The summed E-state index contributed by atoms with van der Waals surface area (Å²) in [7, 11) is 0. The molecule has 0 aliphatic carbocycles. The summed E-state index contributed by atoms with van der Waals surface area (Å²) in [6, 6.07) is 5.76. The molecule has 5 nitrogen and oxygen atoms in total. The molecule has 1 aliphatic heterocycles. The Morgan fingerprint density at radius 3 is 2.87 bits per heavy atom. The highest BCUT2D eigenvalue weighted by Gasteiger charge is 2.28. The van der Waals surface area contributed by atoms with Crippen LogP contribution in [0.15, 0.2) is 29.6 Å². The van der Waals surface area contributed by atoms with E-state index in [1.54, 1.807) is 12.1 Å². The molecule has 1 amide bonds. The lowest BCUT2D eigenvalue weighted by Crippen LogP contribution is -2.41. The number of halogens is 1. The highest BCUT2D eigenvalue weighted by molar-refractivity contribution is 7.14. The zero-order valence-corrected chi connectivity index (χ0v) is 13.5. The van der Waals surface area contributed by atoms with Gasteiger partial charge in [-0.1, -0.05) is 0 Å². The number of β-amino-alcohol motifs (C(OH)–C–C–N with tert-alkyl or cyclic N) is 1. The molecule has 2 N–H and O–H groups in total. The van der Waals surface area contributed by atoms with Gasteiger partial charge in [-0.15, -0.1) is 11.3 Å². The van der Waals surface area contributed by atoms with Gasteiger partial charge >= 0.3 is 0 Å². The van der Waals surface area contributed by atoms with Crippen molar-refractivity contribution < 1.29 is 14.3 Å². The van der Waals surface area contributed by atoms with E-state index in [1.165, 1.54) is 23.5 Å². The summed E-state index contributed by atoms with van der Waals surface area (Å²) in [5.74, 6) is -0.432. The van der Waals surface area contributed by atoms with E-state index in [4.69, 9.17) is 0 Å².